The Kier molecular flexibility index (Phi) is 6.36. The Labute approximate surface area is 152 Å². The number of benzene rings is 1. The van der Waals surface area contributed by atoms with Crippen molar-refractivity contribution in [2.45, 2.75) is 38.8 Å². The van der Waals surface area contributed by atoms with E-state index in [-0.39, 0.29) is 0 Å². The van der Waals surface area contributed by atoms with Gasteiger partial charge in [0.2, 0.25) is 0 Å². The van der Waals surface area contributed by atoms with E-state index < -0.39 is 0 Å². The summed E-state index contributed by atoms with van der Waals surface area (Å²) in [5.41, 5.74) is 1.43. The van der Waals surface area contributed by atoms with Gasteiger partial charge in [0.25, 0.3) is 0 Å². The number of guanidine groups is 1. The van der Waals surface area contributed by atoms with Crippen LogP contribution in [0.3, 0.4) is 0 Å². The van der Waals surface area contributed by atoms with Gasteiger partial charge in [-0.3, -0.25) is 4.90 Å². The van der Waals surface area contributed by atoms with E-state index in [1.807, 2.05) is 0 Å². The van der Waals surface area contributed by atoms with Gasteiger partial charge in [-0.1, -0.05) is 36.3 Å². The molecule has 0 bridgehead atoms. The number of piperidine rings is 2. The van der Waals surface area contributed by atoms with Gasteiger partial charge in [-0.25, -0.2) is 4.99 Å². The second-order valence-corrected chi connectivity index (χ2v) is 7.03. The summed E-state index contributed by atoms with van der Waals surface area (Å²) in [6.07, 6.45) is 9.21. The summed E-state index contributed by atoms with van der Waals surface area (Å²) in [4.78, 5) is 9.67. The van der Waals surface area contributed by atoms with E-state index in [1.165, 1.54) is 31.4 Å². The maximum Gasteiger partial charge on any atom is 0.194 e. The summed E-state index contributed by atoms with van der Waals surface area (Å²) in [5.74, 6) is 4.33. The van der Waals surface area contributed by atoms with Crippen molar-refractivity contribution in [2.24, 2.45) is 10.9 Å². The minimum atomic E-state index is 0.451. The van der Waals surface area contributed by atoms with E-state index in [1.54, 1.807) is 0 Å². The molecule has 0 radical (unpaired) electrons. The minimum Gasteiger partial charge on any atom is -0.356 e. The fourth-order valence-electron chi connectivity index (χ4n) is 4.26. The van der Waals surface area contributed by atoms with Crippen LogP contribution in [0.5, 0.6) is 0 Å². The highest BCUT2D eigenvalue weighted by molar-refractivity contribution is 5.80. The standard InChI is InChI=1S/C21H30N4/c1-3-13-23-21(22-4-2)25-15-12-20-19(17-25)11-8-14-24(20)16-18-9-6-5-7-10-18/h1,5-7,9-10,19-20H,4,8,11-17H2,2H3,(H,22,23). The monoisotopic (exact) mass is 338 g/mol. The zero-order valence-electron chi connectivity index (χ0n) is 15.3. The van der Waals surface area contributed by atoms with Gasteiger partial charge in [0.1, 0.15) is 6.54 Å². The van der Waals surface area contributed by atoms with Crippen LogP contribution in [-0.2, 0) is 6.54 Å². The summed E-state index contributed by atoms with van der Waals surface area (Å²) in [6, 6.07) is 11.6. The van der Waals surface area contributed by atoms with Crippen molar-refractivity contribution in [3.63, 3.8) is 0 Å². The van der Waals surface area contributed by atoms with Crippen molar-refractivity contribution >= 4 is 5.96 Å². The molecular weight excluding hydrogens is 308 g/mol. The number of rotatable bonds is 4. The Balaban J connectivity index is 1.64. The highest BCUT2D eigenvalue weighted by atomic mass is 15.3. The van der Waals surface area contributed by atoms with Crippen LogP contribution in [0.2, 0.25) is 0 Å². The summed E-state index contributed by atoms with van der Waals surface area (Å²) >= 11 is 0. The van der Waals surface area contributed by atoms with Gasteiger partial charge in [0.05, 0.1) is 0 Å². The number of nitrogens with zero attached hydrogens (tertiary/aromatic N) is 3. The topological polar surface area (TPSA) is 30.9 Å². The fourth-order valence-corrected chi connectivity index (χ4v) is 4.26. The summed E-state index contributed by atoms with van der Waals surface area (Å²) in [6.45, 7) is 7.89. The molecule has 2 fully saturated rings. The zero-order chi connectivity index (χ0) is 17.5. The largest absolute Gasteiger partial charge is 0.356 e. The first-order valence-corrected chi connectivity index (χ1v) is 9.56. The molecule has 0 aliphatic carbocycles. The molecule has 0 spiro atoms. The van der Waals surface area contributed by atoms with Crippen molar-refractivity contribution in [2.75, 3.05) is 32.7 Å². The molecule has 0 aromatic heterocycles. The van der Waals surface area contributed by atoms with Crippen molar-refractivity contribution in [1.82, 2.24) is 15.1 Å². The molecular formula is C21H30N4. The highest BCUT2D eigenvalue weighted by Crippen LogP contribution is 2.31. The molecule has 2 unspecified atom stereocenters. The van der Waals surface area contributed by atoms with Crippen molar-refractivity contribution in [3.05, 3.63) is 35.9 Å². The quantitative estimate of drug-likeness (QED) is 0.520. The number of nitrogens with one attached hydrogen (secondary N) is 1. The first-order chi connectivity index (χ1) is 12.3. The molecule has 134 valence electrons. The molecule has 2 heterocycles. The van der Waals surface area contributed by atoms with Crippen molar-refractivity contribution in [1.29, 1.82) is 0 Å². The molecule has 0 amide bonds. The normalized spacial score (nSPS) is 24.5. The van der Waals surface area contributed by atoms with Gasteiger partial charge in [0.15, 0.2) is 5.96 Å². The Morgan fingerprint density at radius 2 is 2.12 bits per heavy atom. The fraction of sp³-hybridized carbons (Fsp3) is 0.571. The molecule has 3 rings (SSSR count). The molecule has 2 aliphatic heterocycles. The zero-order valence-corrected chi connectivity index (χ0v) is 15.3. The molecule has 1 N–H and O–H groups in total. The molecule has 25 heavy (non-hydrogen) atoms. The van der Waals surface area contributed by atoms with Gasteiger partial charge in [0, 0.05) is 32.2 Å². The van der Waals surface area contributed by atoms with E-state index in [0.29, 0.717) is 12.6 Å². The SMILES string of the molecule is C#CCN=C(NCC)N1CCC2C(CCCN2Cc2ccccc2)C1. The Morgan fingerprint density at radius 3 is 2.88 bits per heavy atom. The van der Waals surface area contributed by atoms with Crippen LogP contribution >= 0.6 is 0 Å². The predicted octanol–water partition coefficient (Wildman–Crippen LogP) is 2.57. The maximum absolute atomic E-state index is 5.39. The van der Waals surface area contributed by atoms with E-state index in [0.717, 1.165) is 38.1 Å². The molecule has 2 aliphatic rings. The lowest BCUT2D eigenvalue weighted by molar-refractivity contribution is 0.0373. The lowest BCUT2D eigenvalue weighted by Crippen LogP contribution is -2.56. The number of likely N-dealkylation sites (tertiary alicyclic amines) is 2. The molecule has 4 heteroatoms. The lowest BCUT2D eigenvalue weighted by atomic mass is 9.83. The first-order valence-electron chi connectivity index (χ1n) is 9.56. The second kappa shape index (κ2) is 8.92. The average molecular weight is 338 g/mol. The summed E-state index contributed by atoms with van der Waals surface area (Å²) in [5, 5.41) is 3.40. The van der Waals surface area contributed by atoms with Crippen LogP contribution in [-0.4, -0.2) is 54.5 Å². The molecule has 1 aromatic carbocycles. The van der Waals surface area contributed by atoms with Gasteiger partial charge < -0.3 is 10.2 Å². The second-order valence-electron chi connectivity index (χ2n) is 7.03. The predicted molar refractivity (Wildman–Crippen MR) is 104 cm³/mol. The van der Waals surface area contributed by atoms with E-state index >= 15 is 0 Å². The molecule has 1 aromatic rings. The minimum absolute atomic E-state index is 0.451. The van der Waals surface area contributed by atoms with Crippen LogP contribution < -0.4 is 5.32 Å². The van der Waals surface area contributed by atoms with Crippen molar-refractivity contribution < 1.29 is 0 Å². The van der Waals surface area contributed by atoms with Crippen molar-refractivity contribution in [3.8, 4) is 12.3 Å². The third-order valence-electron chi connectivity index (χ3n) is 5.37. The number of hydrogen-bond donors (Lipinski definition) is 1. The van der Waals surface area contributed by atoms with Crippen LogP contribution in [0.25, 0.3) is 0 Å². The van der Waals surface area contributed by atoms with Gasteiger partial charge in [-0.15, -0.1) is 6.42 Å². The van der Waals surface area contributed by atoms with E-state index in [2.05, 4.69) is 63.3 Å². The Bertz CT molecular complexity index is 604. The van der Waals surface area contributed by atoms with Crippen LogP contribution in [0.1, 0.15) is 31.7 Å². The first kappa shape index (κ1) is 17.8. The number of terminal acetylenes is 1. The number of fused-ring (bicyclic) bond motifs is 1. The highest BCUT2D eigenvalue weighted by Gasteiger charge is 2.36. The summed E-state index contributed by atoms with van der Waals surface area (Å²) in [7, 11) is 0. The van der Waals surface area contributed by atoms with Gasteiger partial charge >= 0.3 is 0 Å². The summed E-state index contributed by atoms with van der Waals surface area (Å²) < 4.78 is 0. The Morgan fingerprint density at radius 1 is 1.28 bits per heavy atom. The smallest absolute Gasteiger partial charge is 0.194 e. The van der Waals surface area contributed by atoms with Crippen LogP contribution in [0, 0.1) is 18.3 Å². The van der Waals surface area contributed by atoms with Crippen LogP contribution in [0.4, 0.5) is 0 Å². The Hall–Kier alpha value is -1.99. The molecule has 2 atom stereocenters. The third kappa shape index (κ3) is 4.55. The lowest BCUT2D eigenvalue weighted by Gasteiger charge is -2.48. The molecule has 0 saturated carbocycles. The van der Waals surface area contributed by atoms with E-state index in [4.69, 9.17) is 6.42 Å². The van der Waals surface area contributed by atoms with Gasteiger partial charge in [-0.2, -0.15) is 0 Å². The van der Waals surface area contributed by atoms with Gasteiger partial charge in [-0.05, 0) is 44.2 Å². The number of hydrogen-bond acceptors (Lipinski definition) is 2. The average Bonchev–Trinajstić information content (AvgIpc) is 2.66. The maximum atomic E-state index is 5.39. The number of aliphatic imine (C=N–C) groups is 1. The third-order valence-corrected chi connectivity index (χ3v) is 5.37. The molecule has 4 nitrogen and oxygen atoms in total. The van der Waals surface area contributed by atoms with E-state index in [9.17, 15) is 0 Å². The molecule has 2 saturated heterocycles. The van der Waals surface area contributed by atoms with Crippen LogP contribution in [0.15, 0.2) is 35.3 Å².